The van der Waals surface area contributed by atoms with Crippen molar-refractivity contribution in [2.75, 3.05) is 29.0 Å². The van der Waals surface area contributed by atoms with E-state index in [-0.39, 0.29) is 18.1 Å². The second kappa shape index (κ2) is 10.5. The van der Waals surface area contributed by atoms with Crippen molar-refractivity contribution in [3.05, 3.63) is 58.9 Å². The van der Waals surface area contributed by atoms with Gasteiger partial charge in [-0.15, -0.1) is 0 Å². The number of rotatable bonds is 7. The molecule has 1 saturated heterocycles. The molecule has 2 aromatic rings. The quantitative estimate of drug-likeness (QED) is 0.545. The van der Waals surface area contributed by atoms with Crippen LogP contribution in [-0.2, 0) is 28.5 Å². The van der Waals surface area contributed by atoms with Crippen LogP contribution >= 0.6 is 0 Å². The molecular weight excluding hydrogens is 458 g/mol. The summed E-state index contributed by atoms with van der Waals surface area (Å²) in [7, 11) is -1.43. The number of amides is 1. The maximum atomic E-state index is 14.3. The second-order valence-corrected chi connectivity index (χ2v) is 9.24. The number of alkyl halides is 3. The predicted molar refractivity (Wildman–Crippen MR) is 122 cm³/mol. The van der Waals surface area contributed by atoms with Crippen molar-refractivity contribution in [1.82, 2.24) is 5.32 Å². The summed E-state index contributed by atoms with van der Waals surface area (Å²) in [6, 6.07) is 7.77. The molecule has 180 valence electrons. The van der Waals surface area contributed by atoms with Crippen molar-refractivity contribution in [1.29, 1.82) is 0 Å². The van der Waals surface area contributed by atoms with Gasteiger partial charge in [0.15, 0.2) is 0 Å². The SMILES string of the molecule is C[C@H](C(=O)NCc1ccc(C(F)(F)F)cc1N1CCCCC1)c1ccc(NS(C)=O)c(F)c1. The van der Waals surface area contributed by atoms with Gasteiger partial charge in [-0.2, -0.15) is 13.2 Å². The van der Waals surface area contributed by atoms with E-state index in [0.717, 1.165) is 31.4 Å². The van der Waals surface area contributed by atoms with Gasteiger partial charge in [0.2, 0.25) is 5.91 Å². The van der Waals surface area contributed by atoms with E-state index in [1.54, 1.807) is 13.0 Å². The summed E-state index contributed by atoms with van der Waals surface area (Å²) >= 11 is 0. The molecule has 1 aliphatic heterocycles. The number of halogens is 4. The molecule has 1 aliphatic rings. The number of nitrogens with zero attached hydrogens (tertiary/aromatic N) is 1. The van der Waals surface area contributed by atoms with Crippen LogP contribution < -0.4 is 14.9 Å². The maximum Gasteiger partial charge on any atom is 0.416 e. The van der Waals surface area contributed by atoms with E-state index in [9.17, 15) is 26.6 Å². The standard InChI is InChI=1S/C23H27F4N3O2S/c1-15(16-7-9-20(19(24)12-16)29-33(2)32)22(31)28-14-17-6-8-18(23(25,26)27)13-21(17)30-10-4-3-5-11-30/h6-9,12-13,15,29H,3-5,10-11,14H2,1-2H3,(H,28,31)/t15-,33?/m0/s1. The molecule has 0 saturated carbocycles. The van der Waals surface area contributed by atoms with Crippen LogP contribution in [0, 0.1) is 5.82 Å². The molecule has 3 rings (SSSR count). The Morgan fingerprint density at radius 1 is 1.12 bits per heavy atom. The number of hydrogen-bond donors (Lipinski definition) is 2. The van der Waals surface area contributed by atoms with Crippen LogP contribution in [0.25, 0.3) is 0 Å². The van der Waals surface area contributed by atoms with E-state index >= 15 is 0 Å². The van der Waals surface area contributed by atoms with Gasteiger partial charge in [0.25, 0.3) is 0 Å². The van der Waals surface area contributed by atoms with Crippen molar-refractivity contribution in [3.63, 3.8) is 0 Å². The van der Waals surface area contributed by atoms with E-state index in [0.29, 0.717) is 29.9 Å². The zero-order chi connectivity index (χ0) is 24.2. The molecule has 0 aromatic heterocycles. The van der Waals surface area contributed by atoms with E-state index in [1.807, 2.05) is 4.90 Å². The van der Waals surface area contributed by atoms with Gasteiger partial charge in [0, 0.05) is 31.6 Å². The number of benzene rings is 2. The van der Waals surface area contributed by atoms with Crippen molar-refractivity contribution in [2.24, 2.45) is 0 Å². The minimum Gasteiger partial charge on any atom is -0.371 e. The molecule has 5 nitrogen and oxygen atoms in total. The molecule has 2 aromatic carbocycles. The lowest BCUT2D eigenvalue weighted by atomic mass is 9.99. The van der Waals surface area contributed by atoms with Crippen molar-refractivity contribution >= 4 is 28.3 Å². The van der Waals surface area contributed by atoms with Gasteiger partial charge in [-0.1, -0.05) is 12.1 Å². The van der Waals surface area contributed by atoms with E-state index in [1.165, 1.54) is 24.5 Å². The Morgan fingerprint density at radius 2 is 1.82 bits per heavy atom. The highest BCUT2D eigenvalue weighted by Gasteiger charge is 2.32. The molecule has 10 heteroatoms. The van der Waals surface area contributed by atoms with Crippen molar-refractivity contribution in [3.8, 4) is 0 Å². The molecule has 0 spiro atoms. The smallest absolute Gasteiger partial charge is 0.371 e. The summed E-state index contributed by atoms with van der Waals surface area (Å²) in [6.45, 7) is 3.01. The summed E-state index contributed by atoms with van der Waals surface area (Å²) in [4.78, 5) is 14.6. The highest BCUT2D eigenvalue weighted by atomic mass is 32.2. The first-order valence-corrected chi connectivity index (χ1v) is 12.2. The van der Waals surface area contributed by atoms with Gasteiger partial charge >= 0.3 is 6.18 Å². The Hall–Kier alpha value is -2.62. The first-order valence-electron chi connectivity index (χ1n) is 10.7. The van der Waals surface area contributed by atoms with Gasteiger partial charge in [-0.3, -0.25) is 4.79 Å². The second-order valence-electron chi connectivity index (χ2n) is 8.12. The van der Waals surface area contributed by atoms with Crippen molar-refractivity contribution < 1.29 is 26.6 Å². The Morgan fingerprint density at radius 3 is 2.42 bits per heavy atom. The van der Waals surface area contributed by atoms with Crippen LogP contribution in [0.2, 0.25) is 0 Å². The van der Waals surface area contributed by atoms with E-state index < -0.39 is 34.5 Å². The Labute approximate surface area is 193 Å². The Balaban J connectivity index is 1.75. The van der Waals surface area contributed by atoms with Crippen LogP contribution in [-0.4, -0.2) is 29.5 Å². The van der Waals surface area contributed by atoms with Gasteiger partial charge in [-0.05, 0) is 61.6 Å². The van der Waals surface area contributed by atoms with Crippen LogP contribution in [0.3, 0.4) is 0 Å². The van der Waals surface area contributed by atoms with Crippen LogP contribution in [0.15, 0.2) is 36.4 Å². The third-order valence-corrected chi connectivity index (χ3v) is 6.21. The molecule has 1 fully saturated rings. The lowest BCUT2D eigenvalue weighted by Crippen LogP contribution is -2.32. The molecule has 0 bridgehead atoms. The molecule has 33 heavy (non-hydrogen) atoms. The minimum atomic E-state index is -4.45. The molecule has 1 unspecified atom stereocenters. The fourth-order valence-corrected chi connectivity index (χ4v) is 4.32. The zero-order valence-electron chi connectivity index (χ0n) is 18.5. The lowest BCUT2D eigenvalue weighted by Gasteiger charge is -2.31. The number of hydrogen-bond acceptors (Lipinski definition) is 3. The predicted octanol–water partition coefficient (Wildman–Crippen LogP) is 4.96. The molecule has 0 aliphatic carbocycles. The number of piperidine rings is 1. The average Bonchev–Trinajstić information content (AvgIpc) is 2.78. The lowest BCUT2D eigenvalue weighted by molar-refractivity contribution is -0.137. The van der Waals surface area contributed by atoms with Crippen molar-refractivity contribution in [2.45, 2.75) is 44.8 Å². The van der Waals surface area contributed by atoms with Gasteiger partial charge in [0.1, 0.15) is 16.8 Å². The van der Waals surface area contributed by atoms with Crippen LogP contribution in [0.1, 0.15) is 48.8 Å². The molecule has 2 atom stereocenters. The Bertz CT molecular complexity index is 1020. The van der Waals surface area contributed by atoms with Gasteiger partial charge in [-0.25, -0.2) is 8.60 Å². The topological polar surface area (TPSA) is 61.4 Å². The van der Waals surface area contributed by atoms with E-state index in [4.69, 9.17) is 0 Å². The van der Waals surface area contributed by atoms with Crippen LogP contribution in [0.4, 0.5) is 28.9 Å². The minimum absolute atomic E-state index is 0.0596. The number of nitrogens with one attached hydrogen (secondary N) is 2. The fourth-order valence-electron chi connectivity index (χ4n) is 3.84. The highest BCUT2D eigenvalue weighted by Crippen LogP contribution is 2.34. The third kappa shape index (κ3) is 6.46. The average molecular weight is 486 g/mol. The summed E-state index contributed by atoms with van der Waals surface area (Å²) < 4.78 is 67.8. The monoisotopic (exact) mass is 485 g/mol. The maximum absolute atomic E-state index is 14.3. The Kier molecular flexibility index (Phi) is 7.99. The number of carbonyl (C=O) groups excluding carboxylic acids is 1. The van der Waals surface area contributed by atoms with Gasteiger partial charge in [0.05, 0.1) is 17.2 Å². The molecule has 1 amide bonds. The summed E-state index contributed by atoms with van der Waals surface area (Å²) in [5, 5.41) is 2.77. The third-order valence-electron chi connectivity index (χ3n) is 5.70. The number of carbonyl (C=O) groups is 1. The fraction of sp³-hybridized carbons (Fsp3) is 0.435. The van der Waals surface area contributed by atoms with Gasteiger partial charge < -0.3 is 14.9 Å². The number of anilines is 2. The summed E-state index contributed by atoms with van der Waals surface area (Å²) in [5.41, 5.74) is 0.862. The molecular formula is C23H27F4N3O2S. The highest BCUT2D eigenvalue weighted by molar-refractivity contribution is 7.85. The first-order chi connectivity index (χ1) is 15.6. The largest absolute Gasteiger partial charge is 0.416 e. The molecule has 2 N–H and O–H groups in total. The van der Waals surface area contributed by atoms with E-state index in [2.05, 4.69) is 10.0 Å². The zero-order valence-corrected chi connectivity index (χ0v) is 19.3. The summed E-state index contributed by atoms with van der Waals surface area (Å²) in [6.07, 6.45) is -0.223. The molecule has 0 radical (unpaired) electrons. The molecule has 1 heterocycles. The van der Waals surface area contributed by atoms with Crippen LogP contribution in [0.5, 0.6) is 0 Å². The first kappa shape index (κ1) is 25.0. The summed E-state index contributed by atoms with van der Waals surface area (Å²) in [5.74, 6) is -1.69. The normalized spacial score (nSPS) is 16.2.